The van der Waals surface area contributed by atoms with Crippen LogP contribution in [0, 0.1) is 11.3 Å². The van der Waals surface area contributed by atoms with Crippen LogP contribution in [0.25, 0.3) is 0 Å². The van der Waals surface area contributed by atoms with Crippen molar-refractivity contribution in [1.29, 1.82) is 5.26 Å². The second-order valence-electron chi connectivity index (χ2n) is 5.40. The maximum absolute atomic E-state index is 12.5. The van der Waals surface area contributed by atoms with Crippen LogP contribution in [-0.2, 0) is 0 Å². The van der Waals surface area contributed by atoms with Crippen molar-refractivity contribution < 1.29 is 9.53 Å². The minimum absolute atomic E-state index is 0.126. The van der Waals surface area contributed by atoms with E-state index < -0.39 is 0 Å². The van der Waals surface area contributed by atoms with Crippen LogP contribution in [0.15, 0.2) is 35.5 Å². The molecule has 1 unspecified atom stereocenters. The van der Waals surface area contributed by atoms with E-state index in [0.717, 1.165) is 12.8 Å². The number of carbonyl (C=O) groups is 1. The van der Waals surface area contributed by atoms with Crippen molar-refractivity contribution in [3.63, 3.8) is 0 Å². The number of amides is 1. The summed E-state index contributed by atoms with van der Waals surface area (Å²) in [6.07, 6.45) is 5.58. The predicted molar refractivity (Wildman–Crippen MR) is 83.4 cm³/mol. The number of nitrogens with zero attached hydrogens (tertiary/aromatic N) is 4. The molecule has 0 bridgehead atoms. The van der Waals surface area contributed by atoms with Crippen molar-refractivity contribution in [3.05, 3.63) is 52.3 Å². The lowest BCUT2D eigenvalue weighted by molar-refractivity contribution is 0.0525. The van der Waals surface area contributed by atoms with Gasteiger partial charge in [-0.15, -0.1) is 0 Å². The van der Waals surface area contributed by atoms with Crippen LogP contribution >= 0.6 is 0 Å². The Hall–Kier alpha value is -3.21. The van der Waals surface area contributed by atoms with Gasteiger partial charge in [-0.05, 0) is 18.9 Å². The number of hydrogen-bond acceptors (Lipinski definition) is 6. The smallest absolute Gasteiger partial charge is 0.255 e. The highest BCUT2D eigenvalue weighted by Gasteiger charge is 2.26. The van der Waals surface area contributed by atoms with Crippen LogP contribution in [0.2, 0.25) is 0 Å². The lowest BCUT2D eigenvalue weighted by Gasteiger charge is -2.32. The van der Waals surface area contributed by atoms with Gasteiger partial charge in [0.05, 0.1) is 12.1 Å². The van der Waals surface area contributed by atoms with Crippen molar-refractivity contribution in [3.8, 4) is 11.9 Å². The van der Waals surface area contributed by atoms with Gasteiger partial charge in [-0.25, -0.2) is 9.97 Å². The molecule has 0 saturated carbocycles. The van der Waals surface area contributed by atoms with Gasteiger partial charge in [-0.2, -0.15) is 5.26 Å². The average Bonchev–Trinajstić information content (AvgIpc) is 2.62. The molecule has 1 saturated heterocycles. The van der Waals surface area contributed by atoms with E-state index in [1.54, 1.807) is 4.90 Å². The Bertz CT molecular complexity index is 822. The van der Waals surface area contributed by atoms with E-state index in [0.29, 0.717) is 18.7 Å². The topological polar surface area (TPSA) is 112 Å². The van der Waals surface area contributed by atoms with Gasteiger partial charge in [0.15, 0.2) is 0 Å². The van der Waals surface area contributed by atoms with E-state index in [9.17, 15) is 9.59 Å². The summed E-state index contributed by atoms with van der Waals surface area (Å²) in [5, 5.41) is 9.03. The van der Waals surface area contributed by atoms with Crippen LogP contribution in [0.5, 0.6) is 5.88 Å². The van der Waals surface area contributed by atoms with E-state index in [-0.39, 0.29) is 29.1 Å². The van der Waals surface area contributed by atoms with Crippen molar-refractivity contribution in [2.24, 2.45) is 0 Å². The molecule has 3 heterocycles. The first-order chi connectivity index (χ1) is 11.7. The molecule has 2 aromatic rings. The number of aromatic amines is 1. The Kier molecular flexibility index (Phi) is 4.52. The number of hydrogen-bond donors (Lipinski definition) is 1. The number of H-pyrrole nitrogens is 1. The second kappa shape index (κ2) is 6.91. The molecule has 2 aromatic heterocycles. The first-order valence-corrected chi connectivity index (χ1v) is 7.53. The number of ether oxygens (including phenoxy) is 1. The summed E-state index contributed by atoms with van der Waals surface area (Å²) in [5.74, 6) is 0.0162. The number of piperidine rings is 1. The summed E-state index contributed by atoms with van der Waals surface area (Å²) in [7, 11) is 0. The fourth-order valence-corrected chi connectivity index (χ4v) is 2.59. The Morgan fingerprint density at radius 2 is 2.21 bits per heavy atom. The SMILES string of the molecule is N#Cc1nccnc1OC1CCCN(C(=O)c2ccc(=O)[nH]c2)C1. The van der Waals surface area contributed by atoms with E-state index in [1.165, 1.54) is 30.7 Å². The van der Waals surface area contributed by atoms with E-state index in [2.05, 4.69) is 15.0 Å². The van der Waals surface area contributed by atoms with Gasteiger partial charge >= 0.3 is 0 Å². The van der Waals surface area contributed by atoms with Crippen LogP contribution in [-0.4, -0.2) is 45.0 Å². The third-order valence-corrected chi connectivity index (χ3v) is 3.75. The Morgan fingerprint density at radius 3 is 2.96 bits per heavy atom. The molecule has 122 valence electrons. The molecule has 8 nitrogen and oxygen atoms in total. The molecule has 3 rings (SSSR count). The first-order valence-electron chi connectivity index (χ1n) is 7.53. The summed E-state index contributed by atoms with van der Waals surface area (Å²) in [4.78, 5) is 35.7. The summed E-state index contributed by atoms with van der Waals surface area (Å²) in [5.41, 5.74) is 0.298. The van der Waals surface area contributed by atoms with E-state index in [4.69, 9.17) is 10.00 Å². The first kappa shape index (κ1) is 15.7. The number of likely N-dealkylation sites (tertiary alicyclic amines) is 1. The zero-order chi connectivity index (χ0) is 16.9. The molecular formula is C16H15N5O3. The lowest BCUT2D eigenvalue weighted by atomic mass is 10.1. The summed E-state index contributed by atoms with van der Waals surface area (Å²) < 4.78 is 5.76. The normalized spacial score (nSPS) is 17.1. The molecule has 1 aliphatic heterocycles. The van der Waals surface area contributed by atoms with Crippen molar-refractivity contribution in [2.75, 3.05) is 13.1 Å². The molecule has 0 spiro atoms. The summed E-state index contributed by atoms with van der Waals surface area (Å²) >= 11 is 0. The molecule has 1 N–H and O–H groups in total. The highest BCUT2D eigenvalue weighted by atomic mass is 16.5. The van der Waals surface area contributed by atoms with Crippen LogP contribution < -0.4 is 10.3 Å². The quantitative estimate of drug-likeness (QED) is 0.890. The van der Waals surface area contributed by atoms with Crippen LogP contribution in [0.3, 0.4) is 0 Å². The zero-order valence-corrected chi connectivity index (χ0v) is 12.8. The van der Waals surface area contributed by atoms with Crippen molar-refractivity contribution in [1.82, 2.24) is 19.9 Å². The molecule has 0 aromatic carbocycles. The third kappa shape index (κ3) is 3.41. The van der Waals surface area contributed by atoms with Crippen LogP contribution in [0.1, 0.15) is 28.9 Å². The van der Waals surface area contributed by atoms with Gasteiger partial charge in [0.2, 0.25) is 11.3 Å². The highest BCUT2D eigenvalue weighted by molar-refractivity contribution is 5.93. The molecule has 8 heteroatoms. The highest BCUT2D eigenvalue weighted by Crippen LogP contribution is 2.19. The molecule has 1 amide bonds. The summed E-state index contributed by atoms with van der Waals surface area (Å²) in [6.45, 7) is 1.00. The molecule has 1 fully saturated rings. The Balaban J connectivity index is 1.70. The average molecular weight is 325 g/mol. The minimum Gasteiger partial charge on any atom is -0.470 e. The number of carbonyl (C=O) groups excluding carboxylic acids is 1. The Morgan fingerprint density at radius 1 is 1.38 bits per heavy atom. The molecule has 1 atom stereocenters. The van der Waals surface area contributed by atoms with Gasteiger partial charge in [-0.1, -0.05) is 0 Å². The lowest BCUT2D eigenvalue weighted by Crippen LogP contribution is -2.44. The van der Waals surface area contributed by atoms with Gasteiger partial charge in [0, 0.05) is 31.2 Å². The molecule has 24 heavy (non-hydrogen) atoms. The monoisotopic (exact) mass is 325 g/mol. The van der Waals surface area contributed by atoms with Gasteiger partial charge < -0.3 is 14.6 Å². The van der Waals surface area contributed by atoms with Crippen molar-refractivity contribution in [2.45, 2.75) is 18.9 Å². The van der Waals surface area contributed by atoms with E-state index in [1.807, 2.05) is 6.07 Å². The number of pyridine rings is 1. The zero-order valence-electron chi connectivity index (χ0n) is 12.8. The number of rotatable bonds is 3. The predicted octanol–water partition coefficient (Wildman–Crippen LogP) is 0.720. The maximum Gasteiger partial charge on any atom is 0.255 e. The van der Waals surface area contributed by atoms with Gasteiger partial charge in [-0.3, -0.25) is 9.59 Å². The maximum atomic E-state index is 12.5. The van der Waals surface area contributed by atoms with Crippen LogP contribution in [0.4, 0.5) is 0 Å². The second-order valence-corrected chi connectivity index (χ2v) is 5.40. The molecular weight excluding hydrogens is 310 g/mol. The number of nitriles is 1. The largest absolute Gasteiger partial charge is 0.470 e. The molecule has 0 radical (unpaired) electrons. The number of nitrogens with one attached hydrogen (secondary N) is 1. The molecule has 0 aliphatic carbocycles. The molecule has 1 aliphatic rings. The fourth-order valence-electron chi connectivity index (χ4n) is 2.59. The minimum atomic E-state index is -0.255. The Labute approximate surface area is 137 Å². The van der Waals surface area contributed by atoms with E-state index >= 15 is 0 Å². The van der Waals surface area contributed by atoms with Gasteiger partial charge in [0.1, 0.15) is 12.2 Å². The fraction of sp³-hybridized carbons (Fsp3) is 0.312. The third-order valence-electron chi connectivity index (χ3n) is 3.75. The standard InChI is InChI=1S/C16H15N5O3/c17-8-13-15(19-6-5-18-13)24-12-2-1-7-21(10-12)16(23)11-3-4-14(22)20-9-11/h3-6,9,12H,1-2,7,10H2,(H,20,22). The summed E-state index contributed by atoms with van der Waals surface area (Å²) in [6, 6.07) is 4.76. The van der Waals surface area contributed by atoms with Gasteiger partial charge in [0.25, 0.3) is 11.8 Å². The number of aromatic nitrogens is 3. The van der Waals surface area contributed by atoms with Crippen molar-refractivity contribution >= 4 is 5.91 Å².